The molecule has 0 radical (unpaired) electrons. The lowest BCUT2D eigenvalue weighted by Gasteiger charge is -2.18. The van der Waals surface area contributed by atoms with Crippen LogP contribution in [0.1, 0.15) is 30.2 Å². The summed E-state index contributed by atoms with van der Waals surface area (Å²) in [5, 5.41) is 3.58. The Labute approximate surface area is 115 Å². The van der Waals surface area contributed by atoms with Gasteiger partial charge in [-0.2, -0.15) is 0 Å². The van der Waals surface area contributed by atoms with Crippen molar-refractivity contribution in [2.24, 2.45) is 29.6 Å². The van der Waals surface area contributed by atoms with Crippen LogP contribution in [0.5, 0.6) is 0 Å². The fourth-order valence-corrected chi connectivity index (χ4v) is 6.45. The van der Waals surface area contributed by atoms with Crippen LogP contribution in [0.25, 0.3) is 0 Å². The van der Waals surface area contributed by atoms with Crippen LogP contribution in [-0.2, 0) is 0 Å². The number of hydrogen-bond donors (Lipinski definition) is 1. The predicted molar refractivity (Wildman–Crippen MR) is 75.1 cm³/mol. The Kier molecular flexibility index (Phi) is 2.47. The maximum absolute atomic E-state index is 3.59. The molecule has 3 heteroatoms. The van der Waals surface area contributed by atoms with E-state index in [1.165, 1.54) is 21.5 Å². The number of rotatable bonds is 3. The molecule has 92 valence electrons. The lowest BCUT2D eigenvalue weighted by atomic mass is 9.96. The lowest BCUT2D eigenvalue weighted by molar-refractivity contribution is 0.389. The van der Waals surface area contributed by atoms with Crippen LogP contribution in [0, 0.1) is 29.6 Å². The number of thiophene rings is 1. The summed E-state index contributed by atoms with van der Waals surface area (Å²) in [6, 6.07) is 5.10. The van der Waals surface area contributed by atoms with E-state index in [4.69, 9.17) is 0 Å². The number of halogens is 1. The van der Waals surface area contributed by atoms with Crippen molar-refractivity contribution in [3.8, 4) is 0 Å². The second kappa shape index (κ2) is 3.82. The molecule has 1 nitrogen and oxygen atoms in total. The molecule has 2 bridgehead atoms. The average molecular weight is 312 g/mol. The summed E-state index contributed by atoms with van der Waals surface area (Å²) in [5.74, 6) is 5.22. The molecule has 5 unspecified atom stereocenters. The van der Waals surface area contributed by atoms with Gasteiger partial charge in [0.2, 0.25) is 0 Å². The van der Waals surface area contributed by atoms with Crippen LogP contribution in [0.15, 0.2) is 15.9 Å². The second-order valence-corrected chi connectivity index (χ2v) is 8.47. The first-order chi connectivity index (χ1) is 8.29. The van der Waals surface area contributed by atoms with Gasteiger partial charge in [0.1, 0.15) is 0 Å². The van der Waals surface area contributed by atoms with Crippen LogP contribution in [0.4, 0.5) is 0 Å². The molecule has 5 atom stereocenters. The van der Waals surface area contributed by atoms with Crippen LogP contribution in [0.3, 0.4) is 0 Å². The van der Waals surface area contributed by atoms with E-state index in [1.807, 2.05) is 11.3 Å². The molecule has 0 aromatic carbocycles. The molecule has 3 aliphatic rings. The molecular weight excluding hydrogens is 294 g/mol. The van der Waals surface area contributed by atoms with Gasteiger partial charge in [0, 0.05) is 10.9 Å². The molecule has 4 rings (SSSR count). The molecular formula is C14H18BrNS. The molecule has 1 N–H and O–H groups in total. The summed E-state index contributed by atoms with van der Waals surface area (Å²) in [6.07, 6.45) is 4.59. The van der Waals surface area contributed by atoms with Crippen molar-refractivity contribution in [2.45, 2.75) is 25.3 Å². The van der Waals surface area contributed by atoms with Crippen LogP contribution < -0.4 is 5.32 Å². The van der Waals surface area contributed by atoms with Crippen molar-refractivity contribution in [3.63, 3.8) is 0 Å². The molecule has 17 heavy (non-hydrogen) atoms. The van der Waals surface area contributed by atoms with Crippen molar-refractivity contribution in [3.05, 3.63) is 20.8 Å². The van der Waals surface area contributed by atoms with Gasteiger partial charge in [0.25, 0.3) is 0 Å². The van der Waals surface area contributed by atoms with E-state index in [0.717, 1.165) is 29.6 Å². The van der Waals surface area contributed by atoms with Crippen molar-refractivity contribution >= 4 is 27.3 Å². The second-order valence-electron chi connectivity index (χ2n) is 5.97. The zero-order chi connectivity index (χ0) is 11.6. The molecule has 0 spiro atoms. The maximum atomic E-state index is 3.59. The van der Waals surface area contributed by atoms with Gasteiger partial charge in [-0.15, -0.1) is 11.3 Å². The molecule has 3 saturated carbocycles. The van der Waals surface area contributed by atoms with Gasteiger partial charge in [-0.05, 0) is 84.0 Å². The van der Waals surface area contributed by atoms with E-state index in [-0.39, 0.29) is 0 Å². The standard InChI is InChI=1S/C14H18BrNS/c1-16-14(9-4-5-10(15)17-9)13-11-7-2-3-8(6-7)12(11)13/h4-5,7-8,11-14,16H,2-3,6H2,1H3. The third-order valence-corrected chi connectivity index (χ3v) is 7.10. The highest BCUT2D eigenvalue weighted by molar-refractivity contribution is 9.11. The minimum atomic E-state index is 0.615. The van der Waals surface area contributed by atoms with Crippen molar-refractivity contribution < 1.29 is 0 Å². The third kappa shape index (κ3) is 1.52. The van der Waals surface area contributed by atoms with E-state index < -0.39 is 0 Å². The summed E-state index contributed by atoms with van der Waals surface area (Å²) in [5.41, 5.74) is 0. The summed E-state index contributed by atoms with van der Waals surface area (Å²) in [4.78, 5) is 1.53. The summed E-state index contributed by atoms with van der Waals surface area (Å²) >= 11 is 5.49. The number of fused-ring (bicyclic) bond motifs is 5. The van der Waals surface area contributed by atoms with Crippen molar-refractivity contribution in [1.29, 1.82) is 0 Å². The lowest BCUT2D eigenvalue weighted by Crippen LogP contribution is -2.20. The highest BCUT2D eigenvalue weighted by Gasteiger charge is 2.66. The van der Waals surface area contributed by atoms with E-state index >= 15 is 0 Å². The SMILES string of the molecule is CNC(c1ccc(Br)s1)C1C2C3CCC(C3)C21. The van der Waals surface area contributed by atoms with Gasteiger partial charge in [0.05, 0.1) is 3.79 Å². The Morgan fingerprint density at radius 2 is 2.00 bits per heavy atom. The largest absolute Gasteiger partial charge is 0.312 e. The van der Waals surface area contributed by atoms with Gasteiger partial charge in [-0.25, -0.2) is 0 Å². The first kappa shape index (κ1) is 11.0. The van der Waals surface area contributed by atoms with Crippen molar-refractivity contribution in [1.82, 2.24) is 5.32 Å². The Hall–Kier alpha value is 0.140. The highest BCUT2D eigenvalue weighted by atomic mass is 79.9. The first-order valence-electron chi connectivity index (χ1n) is 6.72. The number of nitrogens with one attached hydrogen (secondary N) is 1. The summed E-state index contributed by atoms with van der Waals surface area (Å²) in [7, 11) is 2.13. The topological polar surface area (TPSA) is 12.0 Å². The molecule has 0 saturated heterocycles. The Bertz CT molecular complexity index is 427. The molecule has 1 aromatic heterocycles. The zero-order valence-electron chi connectivity index (χ0n) is 10.0. The zero-order valence-corrected chi connectivity index (χ0v) is 12.4. The average Bonchev–Trinajstić information content (AvgIpc) is 2.73. The van der Waals surface area contributed by atoms with Gasteiger partial charge in [0.15, 0.2) is 0 Å². The first-order valence-corrected chi connectivity index (χ1v) is 8.33. The maximum Gasteiger partial charge on any atom is 0.0701 e. The van der Waals surface area contributed by atoms with E-state index in [9.17, 15) is 0 Å². The van der Waals surface area contributed by atoms with Crippen LogP contribution in [0.2, 0.25) is 0 Å². The van der Waals surface area contributed by atoms with Gasteiger partial charge in [-0.1, -0.05) is 0 Å². The van der Waals surface area contributed by atoms with Crippen LogP contribution in [-0.4, -0.2) is 7.05 Å². The molecule has 0 amide bonds. The smallest absolute Gasteiger partial charge is 0.0701 e. The molecule has 3 fully saturated rings. The van der Waals surface area contributed by atoms with Crippen molar-refractivity contribution in [2.75, 3.05) is 7.05 Å². The molecule has 1 heterocycles. The Morgan fingerprint density at radius 1 is 1.29 bits per heavy atom. The van der Waals surface area contributed by atoms with Crippen LogP contribution >= 0.6 is 27.3 Å². The van der Waals surface area contributed by atoms with Gasteiger partial charge in [-0.3, -0.25) is 0 Å². The highest BCUT2D eigenvalue weighted by Crippen LogP contribution is 2.72. The monoisotopic (exact) mass is 311 g/mol. The molecule has 0 aliphatic heterocycles. The Balaban J connectivity index is 1.59. The molecule has 1 aromatic rings. The minimum absolute atomic E-state index is 0.615. The van der Waals surface area contributed by atoms with E-state index in [0.29, 0.717) is 6.04 Å². The molecule has 3 aliphatic carbocycles. The van der Waals surface area contributed by atoms with Gasteiger partial charge < -0.3 is 5.32 Å². The van der Waals surface area contributed by atoms with E-state index in [2.05, 4.69) is 40.4 Å². The normalized spacial score (nSPS) is 43.8. The fraction of sp³-hybridized carbons (Fsp3) is 0.714. The fourth-order valence-electron chi connectivity index (χ4n) is 4.86. The van der Waals surface area contributed by atoms with Gasteiger partial charge >= 0.3 is 0 Å². The number of hydrogen-bond acceptors (Lipinski definition) is 2. The third-order valence-electron chi connectivity index (χ3n) is 5.39. The summed E-state index contributed by atoms with van der Waals surface area (Å²) < 4.78 is 1.27. The quantitative estimate of drug-likeness (QED) is 0.887. The minimum Gasteiger partial charge on any atom is -0.312 e. The van der Waals surface area contributed by atoms with E-state index in [1.54, 1.807) is 6.42 Å². The Morgan fingerprint density at radius 3 is 2.53 bits per heavy atom. The predicted octanol–water partition coefficient (Wildman–Crippen LogP) is 4.06. The summed E-state index contributed by atoms with van der Waals surface area (Å²) in [6.45, 7) is 0.